The van der Waals surface area contributed by atoms with Crippen molar-refractivity contribution in [3.8, 4) is 0 Å². The molecule has 0 bridgehead atoms. The van der Waals surface area contributed by atoms with E-state index in [1.54, 1.807) is 0 Å². The van der Waals surface area contributed by atoms with Gasteiger partial charge in [0.05, 0.1) is 0 Å². The molecule has 1 fully saturated rings. The van der Waals surface area contributed by atoms with E-state index in [2.05, 4.69) is 22.9 Å². The fourth-order valence-corrected chi connectivity index (χ4v) is 2.48. The summed E-state index contributed by atoms with van der Waals surface area (Å²) in [5, 5.41) is 9.98. The van der Waals surface area contributed by atoms with Crippen molar-refractivity contribution in [1.29, 1.82) is 0 Å². The third kappa shape index (κ3) is 2.26. The number of aryl methyl sites for hydroxylation is 1. The van der Waals surface area contributed by atoms with Gasteiger partial charge >= 0.3 is 5.97 Å². The van der Waals surface area contributed by atoms with Crippen LogP contribution in [0.25, 0.3) is 10.9 Å². The molecule has 1 aromatic heterocycles. The average molecular weight is 243 g/mol. The summed E-state index contributed by atoms with van der Waals surface area (Å²) < 4.78 is 2.30. The summed E-state index contributed by atoms with van der Waals surface area (Å²) >= 11 is 0. The number of fused-ring (bicyclic) bond motifs is 1. The first-order chi connectivity index (χ1) is 8.74. The van der Waals surface area contributed by atoms with Gasteiger partial charge in [-0.3, -0.25) is 4.79 Å². The fourth-order valence-electron chi connectivity index (χ4n) is 2.48. The van der Waals surface area contributed by atoms with Crippen molar-refractivity contribution < 1.29 is 9.90 Å². The summed E-state index contributed by atoms with van der Waals surface area (Å²) in [6.07, 6.45) is 5.64. The lowest BCUT2D eigenvalue weighted by atomic mass is 10.1. The topological polar surface area (TPSA) is 42.2 Å². The Morgan fingerprint density at radius 2 is 2.17 bits per heavy atom. The van der Waals surface area contributed by atoms with Crippen molar-refractivity contribution in [1.82, 2.24) is 4.57 Å². The Balaban J connectivity index is 1.90. The molecule has 3 nitrogen and oxygen atoms in total. The first-order valence-corrected chi connectivity index (χ1v) is 6.52. The van der Waals surface area contributed by atoms with Crippen LogP contribution in [0, 0.1) is 5.92 Å². The molecule has 0 aliphatic heterocycles. The highest BCUT2D eigenvalue weighted by Gasteiger charge is 2.22. The van der Waals surface area contributed by atoms with Crippen LogP contribution in [-0.4, -0.2) is 15.6 Å². The number of hydrogen-bond donors (Lipinski definition) is 1. The first-order valence-electron chi connectivity index (χ1n) is 6.52. The Labute approximate surface area is 106 Å². The van der Waals surface area contributed by atoms with Crippen molar-refractivity contribution >= 4 is 16.9 Å². The van der Waals surface area contributed by atoms with Crippen LogP contribution in [0.3, 0.4) is 0 Å². The van der Waals surface area contributed by atoms with E-state index in [9.17, 15) is 4.79 Å². The zero-order valence-corrected chi connectivity index (χ0v) is 10.3. The molecule has 0 unspecified atom stereocenters. The number of carbonyl (C=O) groups is 1. The van der Waals surface area contributed by atoms with E-state index in [1.807, 2.05) is 12.1 Å². The molecule has 1 heterocycles. The minimum absolute atomic E-state index is 0.201. The van der Waals surface area contributed by atoms with Gasteiger partial charge in [-0.05, 0) is 42.9 Å². The highest BCUT2D eigenvalue weighted by molar-refractivity contribution is 5.84. The second kappa shape index (κ2) is 4.48. The van der Waals surface area contributed by atoms with E-state index in [0.29, 0.717) is 6.42 Å². The molecular weight excluding hydrogens is 226 g/mol. The molecule has 1 saturated carbocycles. The van der Waals surface area contributed by atoms with Crippen molar-refractivity contribution in [3.05, 3.63) is 36.0 Å². The molecule has 2 aromatic rings. The van der Waals surface area contributed by atoms with Crippen LogP contribution in [0.5, 0.6) is 0 Å². The molecule has 0 amide bonds. The molecule has 0 atom stereocenters. The third-order valence-corrected chi connectivity index (χ3v) is 3.66. The molecular formula is C15H17NO2. The largest absolute Gasteiger partial charge is 0.481 e. The molecule has 1 aliphatic carbocycles. The van der Waals surface area contributed by atoms with Crippen LogP contribution in [0.2, 0.25) is 0 Å². The van der Waals surface area contributed by atoms with Gasteiger partial charge in [-0.25, -0.2) is 0 Å². The Kier molecular flexibility index (Phi) is 2.82. The maximum atomic E-state index is 10.7. The van der Waals surface area contributed by atoms with E-state index in [0.717, 1.165) is 18.0 Å². The number of hydrogen-bond acceptors (Lipinski definition) is 1. The Bertz CT molecular complexity index is 581. The Morgan fingerprint density at radius 1 is 1.33 bits per heavy atom. The number of benzene rings is 1. The molecule has 0 radical (unpaired) electrons. The molecule has 1 aromatic carbocycles. The van der Waals surface area contributed by atoms with Crippen LogP contribution in [0.4, 0.5) is 0 Å². The van der Waals surface area contributed by atoms with Gasteiger partial charge < -0.3 is 9.67 Å². The van der Waals surface area contributed by atoms with Crippen molar-refractivity contribution in [2.45, 2.75) is 32.2 Å². The lowest BCUT2D eigenvalue weighted by molar-refractivity contribution is -0.136. The minimum atomic E-state index is -0.732. The zero-order valence-electron chi connectivity index (χ0n) is 10.3. The molecule has 1 N–H and O–H groups in total. The minimum Gasteiger partial charge on any atom is -0.481 e. The molecule has 3 heteroatoms. The smallest absolute Gasteiger partial charge is 0.303 e. The first kappa shape index (κ1) is 11.3. The van der Waals surface area contributed by atoms with Crippen molar-refractivity contribution in [3.63, 3.8) is 0 Å². The summed E-state index contributed by atoms with van der Waals surface area (Å²) in [6, 6.07) is 8.31. The van der Waals surface area contributed by atoms with Gasteiger partial charge in [0.25, 0.3) is 0 Å². The number of carboxylic acids is 1. The molecule has 0 saturated heterocycles. The van der Waals surface area contributed by atoms with E-state index < -0.39 is 5.97 Å². The predicted molar refractivity (Wildman–Crippen MR) is 70.6 cm³/mol. The molecule has 1 aliphatic rings. The number of rotatable bonds is 5. The Morgan fingerprint density at radius 3 is 2.89 bits per heavy atom. The predicted octanol–water partition coefficient (Wildman–Crippen LogP) is 3.07. The highest BCUT2D eigenvalue weighted by Crippen LogP contribution is 2.32. The van der Waals surface area contributed by atoms with Crippen molar-refractivity contribution in [2.24, 2.45) is 5.92 Å². The maximum absolute atomic E-state index is 10.7. The highest BCUT2D eigenvalue weighted by atomic mass is 16.4. The number of aromatic nitrogens is 1. The normalized spacial score (nSPS) is 15.1. The average Bonchev–Trinajstić information content (AvgIpc) is 3.07. The van der Waals surface area contributed by atoms with Gasteiger partial charge in [0.1, 0.15) is 0 Å². The summed E-state index contributed by atoms with van der Waals surface area (Å²) in [4.78, 5) is 10.7. The summed E-state index contributed by atoms with van der Waals surface area (Å²) in [6.45, 7) is 1.10. The molecule has 18 heavy (non-hydrogen) atoms. The monoisotopic (exact) mass is 243 g/mol. The van der Waals surface area contributed by atoms with Crippen LogP contribution >= 0.6 is 0 Å². The van der Waals surface area contributed by atoms with Crippen LogP contribution < -0.4 is 0 Å². The maximum Gasteiger partial charge on any atom is 0.303 e. The Hall–Kier alpha value is -1.77. The number of carboxylic acid groups (broad SMARTS) is 1. The van der Waals surface area contributed by atoms with E-state index in [-0.39, 0.29) is 6.42 Å². The van der Waals surface area contributed by atoms with Gasteiger partial charge in [-0.2, -0.15) is 0 Å². The summed E-state index contributed by atoms with van der Waals surface area (Å²) in [7, 11) is 0. The van der Waals surface area contributed by atoms with E-state index in [1.165, 1.54) is 23.7 Å². The van der Waals surface area contributed by atoms with Crippen molar-refractivity contribution in [2.75, 3.05) is 0 Å². The van der Waals surface area contributed by atoms with E-state index in [4.69, 9.17) is 5.11 Å². The number of nitrogens with zero attached hydrogens (tertiary/aromatic N) is 1. The van der Waals surface area contributed by atoms with Gasteiger partial charge in [0.15, 0.2) is 0 Å². The molecule has 3 rings (SSSR count). The van der Waals surface area contributed by atoms with Crippen LogP contribution in [0.1, 0.15) is 24.8 Å². The second-order valence-electron chi connectivity index (χ2n) is 5.16. The van der Waals surface area contributed by atoms with Gasteiger partial charge in [-0.1, -0.05) is 12.1 Å². The molecule has 94 valence electrons. The van der Waals surface area contributed by atoms with Gasteiger partial charge in [0, 0.05) is 30.1 Å². The van der Waals surface area contributed by atoms with Gasteiger partial charge in [0.2, 0.25) is 0 Å². The molecule has 0 spiro atoms. The van der Waals surface area contributed by atoms with E-state index >= 15 is 0 Å². The van der Waals surface area contributed by atoms with Crippen LogP contribution in [-0.2, 0) is 17.8 Å². The standard InChI is InChI=1S/C15H17NO2/c17-15(18)7-6-12-2-1-3-14-13(12)8-9-16(14)10-11-4-5-11/h1-3,8-9,11H,4-7,10H2,(H,17,18). The van der Waals surface area contributed by atoms with Gasteiger partial charge in [-0.15, -0.1) is 0 Å². The zero-order chi connectivity index (χ0) is 12.5. The lowest BCUT2D eigenvalue weighted by Crippen LogP contribution is -1.99. The second-order valence-corrected chi connectivity index (χ2v) is 5.16. The fraction of sp³-hybridized carbons (Fsp3) is 0.400. The summed E-state index contributed by atoms with van der Waals surface area (Å²) in [5.74, 6) is 0.118. The van der Waals surface area contributed by atoms with Crippen LogP contribution in [0.15, 0.2) is 30.5 Å². The number of aliphatic carboxylic acids is 1. The lowest BCUT2D eigenvalue weighted by Gasteiger charge is -2.06. The quantitative estimate of drug-likeness (QED) is 0.877. The SMILES string of the molecule is O=C(O)CCc1cccc2c1ccn2CC1CC1. The third-order valence-electron chi connectivity index (χ3n) is 3.66. The summed E-state index contributed by atoms with van der Waals surface area (Å²) in [5.41, 5.74) is 2.38.